The number of hydrogen-bond acceptors (Lipinski definition) is 5. The van der Waals surface area contributed by atoms with Crippen molar-refractivity contribution >= 4 is 5.82 Å². The van der Waals surface area contributed by atoms with Crippen LogP contribution in [-0.2, 0) is 6.54 Å². The average molecular weight is 339 g/mol. The van der Waals surface area contributed by atoms with Crippen LogP contribution in [0.2, 0.25) is 0 Å². The van der Waals surface area contributed by atoms with Gasteiger partial charge in [0.25, 0.3) is 0 Å². The van der Waals surface area contributed by atoms with Gasteiger partial charge in [-0.05, 0) is 36.4 Å². The van der Waals surface area contributed by atoms with Crippen molar-refractivity contribution in [1.82, 2.24) is 10.2 Å². The molecule has 25 heavy (non-hydrogen) atoms. The average Bonchev–Trinajstić information content (AvgIpc) is 2.67. The molecule has 0 spiro atoms. The third-order valence-corrected chi connectivity index (χ3v) is 3.76. The minimum atomic E-state index is -0.245. The van der Waals surface area contributed by atoms with Crippen molar-refractivity contribution in [2.45, 2.75) is 6.54 Å². The molecule has 0 amide bonds. The zero-order valence-corrected chi connectivity index (χ0v) is 14.0. The molecule has 0 fully saturated rings. The van der Waals surface area contributed by atoms with Crippen LogP contribution in [0.5, 0.6) is 11.5 Å². The van der Waals surface area contributed by atoms with E-state index in [1.165, 1.54) is 6.07 Å². The SMILES string of the molecule is COc1ccc(-c2ccc(NCc3ccccc3F)nn2)cc1OC. The Morgan fingerprint density at radius 3 is 2.40 bits per heavy atom. The molecule has 128 valence electrons. The summed E-state index contributed by atoms with van der Waals surface area (Å²) in [6, 6.07) is 15.8. The van der Waals surface area contributed by atoms with Crippen LogP contribution in [0.1, 0.15) is 5.56 Å². The number of rotatable bonds is 6. The third kappa shape index (κ3) is 3.85. The highest BCUT2D eigenvalue weighted by Crippen LogP contribution is 2.31. The summed E-state index contributed by atoms with van der Waals surface area (Å²) >= 11 is 0. The van der Waals surface area contributed by atoms with Crippen molar-refractivity contribution in [3.8, 4) is 22.8 Å². The number of nitrogens with one attached hydrogen (secondary N) is 1. The Kier molecular flexibility index (Phi) is 5.09. The molecule has 5 nitrogen and oxygen atoms in total. The van der Waals surface area contributed by atoms with Gasteiger partial charge < -0.3 is 14.8 Å². The van der Waals surface area contributed by atoms with E-state index in [0.717, 1.165) is 5.56 Å². The molecule has 3 rings (SSSR count). The summed E-state index contributed by atoms with van der Waals surface area (Å²) in [6.45, 7) is 0.344. The van der Waals surface area contributed by atoms with Gasteiger partial charge in [0.15, 0.2) is 11.5 Å². The second kappa shape index (κ2) is 7.61. The van der Waals surface area contributed by atoms with Crippen molar-refractivity contribution in [3.05, 3.63) is 66.0 Å². The Morgan fingerprint density at radius 1 is 0.920 bits per heavy atom. The van der Waals surface area contributed by atoms with E-state index in [4.69, 9.17) is 9.47 Å². The van der Waals surface area contributed by atoms with Crippen LogP contribution in [0, 0.1) is 5.82 Å². The van der Waals surface area contributed by atoms with Gasteiger partial charge >= 0.3 is 0 Å². The minimum Gasteiger partial charge on any atom is -0.493 e. The molecule has 1 heterocycles. The number of methoxy groups -OCH3 is 2. The molecule has 1 N–H and O–H groups in total. The van der Waals surface area contributed by atoms with E-state index in [-0.39, 0.29) is 5.82 Å². The summed E-state index contributed by atoms with van der Waals surface area (Å²) in [5.74, 6) is 1.61. The summed E-state index contributed by atoms with van der Waals surface area (Å²) in [5.41, 5.74) is 2.15. The number of nitrogens with zero attached hydrogens (tertiary/aromatic N) is 2. The molecule has 2 aromatic carbocycles. The van der Waals surface area contributed by atoms with E-state index >= 15 is 0 Å². The molecule has 0 saturated heterocycles. The van der Waals surface area contributed by atoms with Gasteiger partial charge in [0, 0.05) is 17.7 Å². The van der Waals surface area contributed by atoms with Gasteiger partial charge in [-0.2, -0.15) is 0 Å². The molecule has 6 heteroatoms. The predicted molar refractivity (Wildman–Crippen MR) is 94.3 cm³/mol. The quantitative estimate of drug-likeness (QED) is 0.738. The van der Waals surface area contributed by atoms with E-state index in [0.29, 0.717) is 35.1 Å². The molecule has 0 atom stereocenters. The van der Waals surface area contributed by atoms with Gasteiger partial charge in [0.05, 0.1) is 19.9 Å². The van der Waals surface area contributed by atoms with E-state index in [2.05, 4.69) is 15.5 Å². The molecule has 0 bridgehead atoms. The highest BCUT2D eigenvalue weighted by atomic mass is 19.1. The minimum absolute atomic E-state index is 0.245. The Balaban J connectivity index is 1.73. The topological polar surface area (TPSA) is 56.3 Å². The smallest absolute Gasteiger partial charge is 0.161 e. The Morgan fingerprint density at radius 2 is 1.72 bits per heavy atom. The number of anilines is 1. The van der Waals surface area contributed by atoms with E-state index < -0.39 is 0 Å². The van der Waals surface area contributed by atoms with Gasteiger partial charge in [-0.1, -0.05) is 18.2 Å². The maximum atomic E-state index is 13.6. The van der Waals surface area contributed by atoms with Crippen LogP contribution < -0.4 is 14.8 Å². The predicted octanol–water partition coefficient (Wildman–Crippen LogP) is 3.91. The number of benzene rings is 2. The molecule has 0 aliphatic carbocycles. The van der Waals surface area contributed by atoms with Crippen LogP contribution in [0.3, 0.4) is 0 Å². The van der Waals surface area contributed by atoms with Crippen molar-refractivity contribution in [3.63, 3.8) is 0 Å². The molecular formula is C19H18FN3O2. The van der Waals surface area contributed by atoms with E-state index in [1.54, 1.807) is 38.5 Å². The van der Waals surface area contributed by atoms with Crippen LogP contribution >= 0.6 is 0 Å². The second-order valence-corrected chi connectivity index (χ2v) is 5.32. The molecule has 0 saturated carbocycles. The van der Waals surface area contributed by atoms with Gasteiger partial charge in [-0.25, -0.2) is 4.39 Å². The third-order valence-electron chi connectivity index (χ3n) is 3.76. The molecule has 0 aliphatic heterocycles. The Hall–Kier alpha value is -3.15. The van der Waals surface area contributed by atoms with Crippen molar-refractivity contribution < 1.29 is 13.9 Å². The highest BCUT2D eigenvalue weighted by Gasteiger charge is 2.08. The van der Waals surface area contributed by atoms with Crippen molar-refractivity contribution in [2.75, 3.05) is 19.5 Å². The molecule has 0 unspecified atom stereocenters. The van der Waals surface area contributed by atoms with Crippen molar-refractivity contribution in [2.24, 2.45) is 0 Å². The fourth-order valence-electron chi connectivity index (χ4n) is 2.40. The lowest BCUT2D eigenvalue weighted by Crippen LogP contribution is -2.04. The lowest BCUT2D eigenvalue weighted by molar-refractivity contribution is 0.355. The zero-order chi connectivity index (χ0) is 17.6. The molecule has 1 aromatic heterocycles. The van der Waals surface area contributed by atoms with Crippen LogP contribution in [0.25, 0.3) is 11.3 Å². The van der Waals surface area contributed by atoms with E-state index in [1.807, 2.05) is 24.3 Å². The Bertz CT molecular complexity index is 854. The first-order valence-corrected chi connectivity index (χ1v) is 7.74. The van der Waals surface area contributed by atoms with Gasteiger partial charge in [0.1, 0.15) is 11.6 Å². The normalized spacial score (nSPS) is 10.4. The first kappa shape index (κ1) is 16.7. The van der Waals surface area contributed by atoms with Crippen molar-refractivity contribution in [1.29, 1.82) is 0 Å². The standard InChI is InChI=1S/C19H18FN3O2/c1-24-17-9-7-13(11-18(17)25-2)16-8-10-19(23-22-16)21-12-14-5-3-4-6-15(14)20/h3-11H,12H2,1-2H3,(H,21,23). The largest absolute Gasteiger partial charge is 0.493 e. The van der Waals surface area contributed by atoms with Crippen LogP contribution in [0.4, 0.5) is 10.2 Å². The lowest BCUT2D eigenvalue weighted by atomic mass is 10.1. The molecule has 3 aromatic rings. The highest BCUT2D eigenvalue weighted by molar-refractivity contribution is 5.64. The van der Waals surface area contributed by atoms with Crippen LogP contribution in [-0.4, -0.2) is 24.4 Å². The van der Waals surface area contributed by atoms with Gasteiger partial charge in [-0.3, -0.25) is 0 Å². The first-order chi connectivity index (χ1) is 12.2. The number of hydrogen-bond donors (Lipinski definition) is 1. The number of ether oxygens (including phenoxy) is 2. The van der Waals surface area contributed by atoms with Gasteiger partial charge in [-0.15, -0.1) is 10.2 Å². The lowest BCUT2D eigenvalue weighted by Gasteiger charge is -2.10. The number of halogens is 1. The fraction of sp³-hybridized carbons (Fsp3) is 0.158. The summed E-state index contributed by atoms with van der Waals surface area (Å²) < 4.78 is 24.1. The molecular weight excluding hydrogens is 321 g/mol. The van der Waals surface area contributed by atoms with Gasteiger partial charge in [0.2, 0.25) is 0 Å². The monoisotopic (exact) mass is 339 g/mol. The summed E-state index contributed by atoms with van der Waals surface area (Å²) in [5, 5.41) is 11.4. The maximum Gasteiger partial charge on any atom is 0.161 e. The fourth-order valence-corrected chi connectivity index (χ4v) is 2.40. The zero-order valence-electron chi connectivity index (χ0n) is 14.0. The molecule has 0 aliphatic rings. The first-order valence-electron chi connectivity index (χ1n) is 7.74. The van der Waals surface area contributed by atoms with E-state index in [9.17, 15) is 4.39 Å². The maximum absolute atomic E-state index is 13.6. The van der Waals surface area contributed by atoms with Crippen LogP contribution in [0.15, 0.2) is 54.6 Å². The number of aromatic nitrogens is 2. The molecule has 0 radical (unpaired) electrons. The second-order valence-electron chi connectivity index (χ2n) is 5.32. The Labute approximate surface area is 145 Å². The summed E-state index contributed by atoms with van der Waals surface area (Å²) in [6.07, 6.45) is 0. The summed E-state index contributed by atoms with van der Waals surface area (Å²) in [7, 11) is 3.18. The summed E-state index contributed by atoms with van der Waals surface area (Å²) in [4.78, 5) is 0.